The van der Waals surface area contributed by atoms with Crippen molar-refractivity contribution in [2.24, 2.45) is 5.92 Å². The second-order valence-corrected chi connectivity index (χ2v) is 8.81. The van der Waals surface area contributed by atoms with Crippen LogP contribution in [0.25, 0.3) is 6.08 Å². The average molecular weight is 459 g/mol. The molecule has 0 unspecified atom stereocenters. The number of benzene rings is 2. The molecule has 31 heavy (non-hydrogen) atoms. The lowest BCUT2D eigenvalue weighted by Crippen LogP contribution is -2.27. The lowest BCUT2D eigenvalue weighted by molar-refractivity contribution is -0.384. The normalized spacial score (nSPS) is 15.1. The number of thioether (sulfide) groups is 1. The Morgan fingerprint density at radius 2 is 1.97 bits per heavy atom. The standard InChI is InChI=1S/C22H22N2O5S2/c1-4-28-19-10-15(8-9-18(19)29-13-14(2)3)11-20-21(25)23(22(30)31-20)16-6-5-7-17(12-16)24(26)27/h5-12,14H,4,13H2,1-3H3/b20-11+. The summed E-state index contributed by atoms with van der Waals surface area (Å²) in [6.07, 6.45) is 1.73. The summed E-state index contributed by atoms with van der Waals surface area (Å²) in [6, 6.07) is 11.3. The fourth-order valence-corrected chi connectivity index (χ4v) is 4.14. The van der Waals surface area contributed by atoms with Crippen LogP contribution in [-0.4, -0.2) is 28.4 Å². The summed E-state index contributed by atoms with van der Waals surface area (Å²) in [7, 11) is 0. The van der Waals surface area contributed by atoms with Crippen molar-refractivity contribution in [1.82, 2.24) is 0 Å². The zero-order valence-corrected chi connectivity index (χ0v) is 19.0. The molecule has 3 rings (SSSR count). The first kappa shape index (κ1) is 22.8. The number of hydrogen-bond donors (Lipinski definition) is 0. The summed E-state index contributed by atoms with van der Waals surface area (Å²) in [6.45, 7) is 7.08. The number of nitrogens with zero attached hydrogens (tertiary/aromatic N) is 2. The van der Waals surface area contributed by atoms with Gasteiger partial charge in [0.2, 0.25) is 0 Å². The molecule has 0 radical (unpaired) electrons. The largest absolute Gasteiger partial charge is 0.490 e. The molecule has 2 aromatic carbocycles. The van der Waals surface area contributed by atoms with Crippen molar-refractivity contribution in [2.45, 2.75) is 20.8 Å². The molecule has 0 spiro atoms. The second kappa shape index (κ2) is 9.93. The van der Waals surface area contributed by atoms with Gasteiger partial charge in [-0.2, -0.15) is 0 Å². The Labute approximate surface area is 190 Å². The van der Waals surface area contributed by atoms with Gasteiger partial charge in [0.05, 0.1) is 28.7 Å². The first-order valence-corrected chi connectivity index (χ1v) is 10.9. The van der Waals surface area contributed by atoms with Crippen LogP contribution >= 0.6 is 24.0 Å². The van der Waals surface area contributed by atoms with E-state index in [2.05, 4.69) is 13.8 Å². The highest BCUT2D eigenvalue weighted by Crippen LogP contribution is 2.38. The molecule has 1 amide bonds. The number of amides is 1. The molecule has 0 aliphatic carbocycles. The molecule has 1 saturated heterocycles. The van der Waals surface area contributed by atoms with Crippen LogP contribution < -0.4 is 14.4 Å². The van der Waals surface area contributed by atoms with Crippen LogP contribution in [0.1, 0.15) is 26.3 Å². The first-order valence-electron chi connectivity index (χ1n) is 9.72. The summed E-state index contributed by atoms with van der Waals surface area (Å²) in [5.74, 6) is 1.31. The summed E-state index contributed by atoms with van der Waals surface area (Å²) in [5, 5.41) is 11.1. The Bertz CT molecular complexity index is 1050. The summed E-state index contributed by atoms with van der Waals surface area (Å²) >= 11 is 6.51. The third-order valence-electron chi connectivity index (χ3n) is 4.23. The van der Waals surface area contributed by atoms with Gasteiger partial charge in [0.15, 0.2) is 15.8 Å². The van der Waals surface area contributed by atoms with Gasteiger partial charge in [-0.25, -0.2) is 0 Å². The summed E-state index contributed by atoms with van der Waals surface area (Å²) in [4.78, 5) is 25.3. The molecule has 1 aliphatic rings. The molecular weight excluding hydrogens is 436 g/mol. The van der Waals surface area contributed by atoms with Crippen LogP contribution in [0, 0.1) is 16.0 Å². The lowest BCUT2D eigenvalue weighted by Gasteiger charge is -2.14. The Morgan fingerprint density at radius 1 is 1.19 bits per heavy atom. The minimum absolute atomic E-state index is 0.103. The summed E-state index contributed by atoms with van der Waals surface area (Å²) in [5.41, 5.74) is 1.03. The van der Waals surface area contributed by atoms with Gasteiger partial charge in [-0.1, -0.05) is 50.0 Å². The van der Waals surface area contributed by atoms with Gasteiger partial charge in [0.1, 0.15) is 0 Å². The van der Waals surface area contributed by atoms with E-state index in [-0.39, 0.29) is 11.6 Å². The fourth-order valence-electron chi connectivity index (χ4n) is 2.85. The van der Waals surface area contributed by atoms with Crippen molar-refractivity contribution in [3.63, 3.8) is 0 Å². The first-order chi connectivity index (χ1) is 14.8. The van der Waals surface area contributed by atoms with Crippen molar-refractivity contribution < 1.29 is 19.2 Å². The van der Waals surface area contributed by atoms with E-state index >= 15 is 0 Å². The van der Waals surface area contributed by atoms with E-state index in [4.69, 9.17) is 21.7 Å². The van der Waals surface area contributed by atoms with Crippen molar-refractivity contribution >= 4 is 51.7 Å². The number of rotatable bonds is 8. The molecule has 1 heterocycles. The van der Waals surface area contributed by atoms with Crippen molar-refractivity contribution in [2.75, 3.05) is 18.1 Å². The molecule has 0 bridgehead atoms. The van der Waals surface area contributed by atoms with E-state index in [0.717, 1.165) is 17.3 Å². The van der Waals surface area contributed by atoms with Crippen LogP contribution in [-0.2, 0) is 4.79 Å². The SMILES string of the molecule is CCOc1cc(/C=C2/SC(=S)N(c3cccc([N+](=O)[O-])c3)C2=O)ccc1OCC(C)C. The lowest BCUT2D eigenvalue weighted by atomic mass is 10.1. The third kappa shape index (κ3) is 5.42. The number of anilines is 1. The quantitative estimate of drug-likeness (QED) is 0.226. The molecule has 1 aliphatic heterocycles. The van der Waals surface area contributed by atoms with Crippen molar-refractivity contribution in [3.8, 4) is 11.5 Å². The van der Waals surface area contributed by atoms with E-state index < -0.39 is 4.92 Å². The number of non-ortho nitro benzene ring substituents is 1. The van der Waals surface area contributed by atoms with Crippen LogP contribution in [0.3, 0.4) is 0 Å². The second-order valence-electron chi connectivity index (χ2n) is 7.14. The van der Waals surface area contributed by atoms with Gasteiger partial charge in [0.25, 0.3) is 11.6 Å². The van der Waals surface area contributed by atoms with Crippen LogP contribution in [0.4, 0.5) is 11.4 Å². The number of nitro benzene ring substituents is 1. The molecule has 9 heteroatoms. The molecule has 2 aromatic rings. The highest BCUT2D eigenvalue weighted by Gasteiger charge is 2.34. The monoisotopic (exact) mass is 458 g/mol. The molecule has 0 aromatic heterocycles. The van der Waals surface area contributed by atoms with Gasteiger partial charge < -0.3 is 9.47 Å². The van der Waals surface area contributed by atoms with Crippen LogP contribution in [0.15, 0.2) is 47.4 Å². The zero-order valence-electron chi connectivity index (χ0n) is 17.4. The Morgan fingerprint density at radius 3 is 2.65 bits per heavy atom. The van der Waals surface area contributed by atoms with Gasteiger partial charge in [0, 0.05) is 12.1 Å². The van der Waals surface area contributed by atoms with Gasteiger partial charge >= 0.3 is 0 Å². The van der Waals surface area contributed by atoms with Crippen LogP contribution in [0.5, 0.6) is 11.5 Å². The number of carbonyl (C=O) groups is 1. The Kier molecular flexibility index (Phi) is 7.29. The van der Waals surface area contributed by atoms with Crippen LogP contribution in [0.2, 0.25) is 0 Å². The maximum absolute atomic E-state index is 13.0. The predicted octanol–water partition coefficient (Wildman–Crippen LogP) is 5.43. The highest BCUT2D eigenvalue weighted by molar-refractivity contribution is 8.27. The molecule has 7 nitrogen and oxygen atoms in total. The van der Waals surface area contributed by atoms with Gasteiger partial charge in [-0.3, -0.25) is 19.8 Å². The topological polar surface area (TPSA) is 81.9 Å². The maximum atomic E-state index is 13.0. The minimum Gasteiger partial charge on any atom is -0.490 e. The smallest absolute Gasteiger partial charge is 0.271 e. The maximum Gasteiger partial charge on any atom is 0.271 e. The van der Waals surface area contributed by atoms with Gasteiger partial charge in [-0.15, -0.1) is 0 Å². The molecular formula is C22H22N2O5S2. The molecule has 1 fully saturated rings. The molecule has 0 saturated carbocycles. The van der Waals surface area contributed by atoms with Crippen molar-refractivity contribution in [3.05, 3.63) is 63.0 Å². The number of nitro groups is 1. The van der Waals surface area contributed by atoms with Crippen molar-refractivity contribution in [1.29, 1.82) is 0 Å². The molecule has 0 N–H and O–H groups in total. The number of ether oxygens (including phenoxy) is 2. The zero-order chi connectivity index (χ0) is 22.5. The molecule has 0 atom stereocenters. The van der Waals surface area contributed by atoms with E-state index in [0.29, 0.717) is 45.5 Å². The highest BCUT2D eigenvalue weighted by atomic mass is 32.2. The van der Waals surface area contributed by atoms with E-state index in [1.807, 2.05) is 25.1 Å². The Hall–Kier alpha value is -2.91. The van der Waals surface area contributed by atoms with Gasteiger partial charge in [-0.05, 0) is 42.7 Å². The predicted molar refractivity (Wildman–Crippen MR) is 127 cm³/mol. The number of hydrogen-bond acceptors (Lipinski definition) is 7. The van der Waals surface area contributed by atoms with E-state index in [9.17, 15) is 14.9 Å². The minimum atomic E-state index is -0.505. The molecule has 162 valence electrons. The fraction of sp³-hybridized carbons (Fsp3) is 0.273. The van der Waals surface area contributed by atoms with E-state index in [1.165, 1.54) is 23.1 Å². The number of thiocarbonyl (C=S) groups is 1. The summed E-state index contributed by atoms with van der Waals surface area (Å²) < 4.78 is 11.8. The average Bonchev–Trinajstić information content (AvgIpc) is 3.00. The Balaban J connectivity index is 1.88. The van der Waals surface area contributed by atoms with E-state index in [1.54, 1.807) is 12.1 Å². The third-order valence-corrected chi connectivity index (χ3v) is 5.53. The number of carbonyl (C=O) groups excluding carboxylic acids is 1.